The Morgan fingerprint density at radius 3 is 2.69 bits per heavy atom. The number of rotatable bonds is 9. The molecule has 2 aromatic carbocycles. The van der Waals surface area contributed by atoms with Crippen molar-refractivity contribution >= 4 is 40.4 Å². The van der Waals surface area contributed by atoms with E-state index in [0.29, 0.717) is 34.2 Å². The van der Waals surface area contributed by atoms with Crippen LogP contribution in [0.15, 0.2) is 67.3 Å². The number of carboxylic acids is 1. The number of amides is 2. The van der Waals surface area contributed by atoms with Gasteiger partial charge in [-0.1, -0.05) is 42.5 Å². The van der Waals surface area contributed by atoms with Crippen LogP contribution in [0.4, 0.5) is 0 Å². The average molecular weight is 589 g/mol. The molecule has 3 aromatic rings. The van der Waals surface area contributed by atoms with Crippen LogP contribution in [0.3, 0.4) is 0 Å². The van der Waals surface area contributed by atoms with E-state index in [1.807, 2.05) is 48.5 Å². The quantitative estimate of drug-likeness (QED) is 0.278. The van der Waals surface area contributed by atoms with Crippen LogP contribution in [0.2, 0.25) is 0 Å². The number of thioether (sulfide) groups is 1. The third kappa shape index (κ3) is 5.23. The van der Waals surface area contributed by atoms with Crippen LogP contribution in [-0.4, -0.2) is 79.8 Å². The highest BCUT2D eigenvalue weighted by Gasteiger charge is 2.61. The summed E-state index contributed by atoms with van der Waals surface area (Å²) >= 11 is 1.61. The van der Waals surface area contributed by atoms with Crippen molar-refractivity contribution in [2.75, 3.05) is 18.2 Å². The molecule has 218 valence electrons. The second kappa shape index (κ2) is 11.4. The predicted molar refractivity (Wildman–Crippen MR) is 159 cm³/mol. The molecule has 10 nitrogen and oxygen atoms in total. The molecule has 0 bridgehead atoms. The predicted octanol–water partition coefficient (Wildman–Crippen LogP) is 2.55. The molecule has 6 rings (SSSR count). The minimum absolute atomic E-state index is 0.127. The van der Waals surface area contributed by atoms with Crippen LogP contribution in [0, 0.1) is 5.92 Å². The molecule has 5 atom stereocenters. The van der Waals surface area contributed by atoms with Crippen molar-refractivity contribution in [3.8, 4) is 17.0 Å². The number of likely N-dealkylation sites (tertiary alicyclic amines) is 1. The largest absolute Gasteiger partial charge is 0.488 e. The van der Waals surface area contributed by atoms with Crippen LogP contribution in [0.25, 0.3) is 22.2 Å². The average Bonchev–Trinajstić information content (AvgIpc) is 3.31. The second-order valence-electron chi connectivity index (χ2n) is 10.9. The Bertz CT molecular complexity index is 1550. The van der Waals surface area contributed by atoms with Gasteiger partial charge < -0.3 is 25.2 Å². The molecule has 42 heavy (non-hydrogen) atoms. The Balaban J connectivity index is 1.31. The molecule has 1 aliphatic carbocycles. The van der Waals surface area contributed by atoms with Crippen molar-refractivity contribution in [2.24, 2.45) is 5.92 Å². The van der Waals surface area contributed by atoms with Gasteiger partial charge >= 0.3 is 5.97 Å². The number of benzene rings is 2. The van der Waals surface area contributed by atoms with Gasteiger partial charge in [0.05, 0.1) is 30.4 Å². The van der Waals surface area contributed by atoms with Gasteiger partial charge in [0, 0.05) is 41.0 Å². The molecule has 2 amide bonds. The van der Waals surface area contributed by atoms with E-state index in [2.05, 4.69) is 17.2 Å². The summed E-state index contributed by atoms with van der Waals surface area (Å²) in [5.41, 5.74) is 1.55. The normalized spacial score (nSPS) is 26.6. The van der Waals surface area contributed by atoms with E-state index in [4.69, 9.17) is 9.72 Å². The lowest BCUT2D eigenvalue weighted by molar-refractivity contribution is -0.145. The first-order valence-corrected chi connectivity index (χ1v) is 15.0. The van der Waals surface area contributed by atoms with Crippen LogP contribution in [0.5, 0.6) is 5.75 Å². The zero-order valence-corrected chi connectivity index (χ0v) is 23.7. The molecule has 3 aliphatic rings. The number of carboxylic acid groups (broad SMARTS) is 1. The Labute approximate surface area is 247 Å². The lowest BCUT2D eigenvalue weighted by Gasteiger charge is -2.27. The van der Waals surface area contributed by atoms with E-state index in [0.717, 1.165) is 10.9 Å². The zero-order valence-electron chi connectivity index (χ0n) is 22.9. The number of pyridine rings is 1. The number of aromatic nitrogens is 1. The standard InChI is InChI=1S/C31H32N4O6S/c1-2-20-13-31(20,30(39)40)34-28(37)26-11-21(14-35(26)29(38)25-16-42-17-32-25)41-27-12-23(19-6-4-3-5-7-19)33-24-10-18(15-36)8-9-22(24)27/h2-10,12,20-21,25-26,32,36H,1,11,13-17H2,(H,34,37)(H,39,40)/t20-,21-,25+,26+,31-/m1/s1. The Kier molecular flexibility index (Phi) is 7.65. The lowest BCUT2D eigenvalue weighted by Crippen LogP contribution is -2.55. The van der Waals surface area contributed by atoms with E-state index in [9.17, 15) is 24.6 Å². The molecule has 3 fully saturated rings. The van der Waals surface area contributed by atoms with E-state index >= 15 is 0 Å². The highest BCUT2D eigenvalue weighted by Crippen LogP contribution is 2.45. The van der Waals surface area contributed by atoms with Gasteiger partial charge in [-0.05, 0) is 24.1 Å². The molecule has 2 saturated heterocycles. The number of nitrogens with zero attached hydrogens (tertiary/aromatic N) is 2. The zero-order chi connectivity index (χ0) is 29.4. The molecule has 11 heteroatoms. The number of aliphatic hydroxyl groups is 1. The van der Waals surface area contributed by atoms with E-state index < -0.39 is 35.6 Å². The maximum atomic E-state index is 13.6. The summed E-state index contributed by atoms with van der Waals surface area (Å²) < 4.78 is 6.55. The summed E-state index contributed by atoms with van der Waals surface area (Å²) in [5.74, 6) is -0.411. The molecule has 0 radical (unpaired) electrons. The van der Waals surface area contributed by atoms with Crippen molar-refractivity contribution < 1.29 is 29.3 Å². The van der Waals surface area contributed by atoms with Crippen LogP contribution >= 0.6 is 11.8 Å². The minimum Gasteiger partial charge on any atom is -0.488 e. The van der Waals surface area contributed by atoms with Gasteiger partial charge in [-0.15, -0.1) is 18.3 Å². The number of fused-ring (bicyclic) bond motifs is 1. The Morgan fingerprint density at radius 2 is 2.02 bits per heavy atom. The number of carbonyl (C=O) groups is 3. The van der Waals surface area contributed by atoms with Gasteiger partial charge in [-0.3, -0.25) is 14.9 Å². The fourth-order valence-corrected chi connectivity index (χ4v) is 6.75. The Morgan fingerprint density at radius 1 is 1.21 bits per heavy atom. The minimum atomic E-state index is -1.40. The van der Waals surface area contributed by atoms with E-state index in [1.165, 1.54) is 4.90 Å². The van der Waals surface area contributed by atoms with Crippen molar-refractivity contribution in [1.82, 2.24) is 20.5 Å². The monoisotopic (exact) mass is 588 g/mol. The number of nitrogens with one attached hydrogen (secondary N) is 2. The van der Waals surface area contributed by atoms with Crippen LogP contribution < -0.4 is 15.4 Å². The SMILES string of the molecule is C=C[C@@H]1C[C@]1(NC(=O)[C@@H]1C[C@@H](Oc2cc(-c3ccccc3)nc3cc(CO)ccc23)CN1C(=O)[C@@H]1CSCN1)C(=O)O. The van der Waals surface area contributed by atoms with Gasteiger partial charge in [0.2, 0.25) is 11.8 Å². The summed E-state index contributed by atoms with van der Waals surface area (Å²) in [6.45, 7) is 3.74. The first kappa shape index (κ1) is 28.2. The van der Waals surface area contributed by atoms with E-state index in [1.54, 1.807) is 23.9 Å². The number of ether oxygens (including phenoxy) is 1. The molecular formula is C31H32N4O6S. The third-order valence-corrected chi connectivity index (χ3v) is 9.21. The van der Waals surface area contributed by atoms with E-state index in [-0.39, 0.29) is 37.8 Å². The summed E-state index contributed by atoms with van der Waals surface area (Å²) in [4.78, 5) is 45.6. The van der Waals surface area contributed by atoms with Gasteiger partial charge in [0.25, 0.3) is 0 Å². The molecule has 0 unspecified atom stereocenters. The molecular weight excluding hydrogens is 556 g/mol. The second-order valence-corrected chi connectivity index (χ2v) is 12.0. The van der Waals surface area contributed by atoms with Crippen molar-refractivity contribution in [3.63, 3.8) is 0 Å². The fourth-order valence-electron chi connectivity index (χ4n) is 5.82. The first-order valence-electron chi connectivity index (χ1n) is 13.9. The van der Waals surface area contributed by atoms with Gasteiger partial charge in [0.15, 0.2) is 0 Å². The highest BCUT2D eigenvalue weighted by molar-refractivity contribution is 7.99. The van der Waals surface area contributed by atoms with Crippen LogP contribution in [-0.2, 0) is 21.0 Å². The lowest BCUT2D eigenvalue weighted by atomic mass is 10.1. The molecule has 0 spiro atoms. The van der Waals surface area contributed by atoms with Crippen molar-refractivity contribution in [3.05, 3.63) is 72.8 Å². The van der Waals surface area contributed by atoms with Gasteiger partial charge in [-0.2, -0.15) is 0 Å². The summed E-state index contributed by atoms with van der Waals surface area (Å²) in [7, 11) is 0. The third-order valence-electron chi connectivity index (χ3n) is 8.27. The number of hydrogen-bond acceptors (Lipinski definition) is 8. The van der Waals surface area contributed by atoms with Crippen LogP contribution in [0.1, 0.15) is 18.4 Å². The number of carbonyl (C=O) groups excluding carboxylic acids is 2. The summed E-state index contributed by atoms with van der Waals surface area (Å²) in [6.07, 6.45) is 1.48. The van der Waals surface area contributed by atoms with Crippen molar-refractivity contribution in [1.29, 1.82) is 0 Å². The first-order chi connectivity index (χ1) is 20.3. The molecule has 1 aromatic heterocycles. The fraction of sp³-hybridized carbons (Fsp3) is 0.355. The highest BCUT2D eigenvalue weighted by atomic mass is 32.2. The summed E-state index contributed by atoms with van der Waals surface area (Å²) in [5, 5.41) is 26.2. The van der Waals surface area contributed by atoms with Crippen molar-refractivity contribution in [2.45, 2.75) is 43.2 Å². The molecule has 1 saturated carbocycles. The molecule has 2 aliphatic heterocycles. The van der Waals surface area contributed by atoms with Gasteiger partial charge in [0.1, 0.15) is 23.4 Å². The summed E-state index contributed by atoms with van der Waals surface area (Å²) in [6, 6.07) is 15.7. The smallest absolute Gasteiger partial charge is 0.330 e. The Hall–Kier alpha value is -3.93. The van der Waals surface area contributed by atoms with Gasteiger partial charge in [-0.25, -0.2) is 9.78 Å². The number of hydrogen-bond donors (Lipinski definition) is 4. The molecule has 3 heterocycles. The number of aliphatic carboxylic acids is 1. The maximum absolute atomic E-state index is 13.6. The maximum Gasteiger partial charge on any atom is 0.330 e. The topological polar surface area (TPSA) is 141 Å². The molecule has 4 N–H and O–H groups in total. The number of aliphatic hydroxyl groups excluding tert-OH is 1.